The monoisotopic (exact) mass is 1200 g/mol. The lowest BCUT2D eigenvalue weighted by Gasteiger charge is -2.50. The molecule has 2 amide bonds. The average molecular weight is 1200 g/mol. The van der Waals surface area contributed by atoms with Crippen LogP contribution in [0.3, 0.4) is 0 Å². The van der Waals surface area contributed by atoms with Crippen LogP contribution in [-0.2, 0) is 30.3 Å². The van der Waals surface area contributed by atoms with Gasteiger partial charge in [0, 0.05) is 49.0 Å². The number of thioether (sulfide) groups is 1. The number of thiocarbonyl (C=S) groups is 1. The Hall–Kier alpha value is -9.09. The summed E-state index contributed by atoms with van der Waals surface area (Å²) in [4.78, 5) is 59.2. The number of aromatic nitrogens is 1. The van der Waals surface area contributed by atoms with Gasteiger partial charge in [0.1, 0.15) is 34.4 Å². The Balaban J connectivity index is 0.909. The third-order valence-electron chi connectivity index (χ3n) is 15.2. The van der Waals surface area contributed by atoms with Gasteiger partial charge in [-0.25, -0.2) is 4.98 Å². The number of rotatable bonds is 18. The molecule has 2 aliphatic heterocycles. The first-order valence-corrected chi connectivity index (χ1v) is 31.5. The summed E-state index contributed by atoms with van der Waals surface area (Å²) in [6.45, 7) is 0. The maximum atomic E-state index is 15.7. The first-order chi connectivity index (χ1) is 41.8. The number of amides is 2. The molecule has 8 aromatic carbocycles. The molecule has 1 saturated heterocycles. The van der Waals surface area contributed by atoms with Gasteiger partial charge in [0.2, 0.25) is 10.7 Å². The number of thiophene rings is 1. The van der Waals surface area contributed by atoms with Crippen molar-refractivity contribution in [1.82, 2.24) is 15.2 Å². The number of carbonyl (C=O) groups is 2. The zero-order chi connectivity index (χ0) is 57.7. The molecule has 0 bridgehead atoms. The zero-order valence-corrected chi connectivity index (χ0v) is 49.3. The molecule has 1 fully saturated rings. The Bertz CT molecular complexity index is 4070. The van der Waals surface area contributed by atoms with Gasteiger partial charge in [-0.2, -0.15) is 0 Å². The number of β-lactam (4-membered cyclic amide) rings is 1. The highest BCUT2D eigenvalue weighted by Crippen LogP contribution is 2.47. The van der Waals surface area contributed by atoms with Crippen LogP contribution >= 0.6 is 58.0 Å². The maximum absolute atomic E-state index is 15.7. The minimum Gasteiger partial charge on any atom is -0.469 e. The van der Waals surface area contributed by atoms with Gasteiger partial charge in [0.25, 0.3) is 11.8 Å². The van der Waals surface area contributed by atoms with Crippen LogP contribution < -0.4 is 16.1 Å². The average Bonchev–Trinajstić information content (AvgIpc) is 2.52. The summed E-state index contributed by atoms with van der Waals surface area (Å²) in [5, 5.41) is 15.5. The van der Waals surface area contributed by atoms with Crippen LogP contribution in [0.2, 0.25) is 0 Å². The number of thiazole rings is 1. The molecule has 85 heavy (non-hydrogen) atoms. The Morgan fingerprint density at radius 3 is 1.59 bits per heavy atom. The number of fused-ring (bicyclic) bond motifs is 2. The normalized spacial score (nSPS) is 15.2. The van der Waals surface area contributed by atoms with E-state index in [1.54, 1.807) is 16.3 Å². The lowest BCUT2D eigenvalue weighted by Crippen LogP contribution is -2.71. The molecule has 3 aromatic heterocycles. The topological polar surface area (TPSA) is 122 Å². The summed E-state index contributed by atoms with van der Waals surface area (Å²) in [5.74, 6) is -0.767. The molecule has 5 heterocycles. The molecule has 0 radical (unpaired) electrons. The molecular formula is C70H51N5O5S5. The van der Waals surface area contributed by atoms with Crippen LogP contribution in [0.1, 0.15) is 61.2 Å². The highest BCUT2D eigenvalue weighted by molar-refractivity contribution is 8.00. The van der Waals surface area contributed by atoms with E-state index >= 15 is 9.59 Å². The largest absolute Gasteiger partial charge is 0.469 e. The van der Waals surface area contributed by atoms with Crippen molar-refractivity contribution in [3.63, 3.8) is 0 Å². The van der Waals surface area contributed by atoms with E-state index in [2.05, 4.69) is 47.0 Å². The number of benzene rings is 8. The molecule has 0 saturated carbocycles. The Labute approximate surface area is 512 Å². The third kappa shape index (κ3) is 10.6. The van der Waals surface area contributed by atoms with Crippen molar-refractivity contribution in [2.24, 2.45) is 5.16 Å². The summed E-state index contributed by atoms with van der Waals surface area (Å²) in [7, 11) is 0. The fourth-order valence-electron chi connectivity index (χ4n) is 11.2. The van der Waals surface area contributed by atoms with E-state index in [0.29, 0.717) is 31.7 Å². The van der Waals surface area contributed by atoms with Crippen molar-refractivity contribution >= 4 is 101 Å². The van der Waals surface area contributed by atoms with Crippen molar-refractivity contribution in [2.45, 2.75) is 28.7 Å². The highest BCUT2D eigenvalue weighted by atomic mass is 32.2. The molecule has 0 aliphatic carbocycles. The van der Waals surface area contributed by atoms with E-state index in [1.165, 1.54) is 45.8 Å². The van der Waals surface area contributed by atoms with Crippen LogP contribution in [0.25, 0.3) is 15.0 Å². The summed E-state index contributed by atoms with van der Waals surface area (Å²) < 4.78 is 8.38. The molecular weight excluding hydrogens is 1150 g/mol. The second-order valence-corrected chi connectivity index (χ2v) is 24.5. The predicted octanol–water partition coefficient (Wildman–Crippen LogP) is 14.8. The molecule has 10 nitrogen and oxygen atoms in total. The standard InChI is InChI=1S/C70H51N5O5S5/c76-56-43-58(85-57-41-42-82-63(56)57)54-44-83-66-60(65(78)75(66)61(54)67(81)79-62(46-25-9-1-10-26-46)47-27-11-2-12-28-47)72-64(77)59(74-80-70(51-35-19-6-20-36-51,52-37-21-7-22-38-52)53-39-23-8-24-40-53)55-45-84-68(71-55)73-69(48-29-13-3-14-30-48,49-31-15-4-16-32-49)50-33-17-5-18-34-50/h1-43,45,60,62,66H,44H2,(H,71,73)(H,72,77)/t60?,66-/m1/s1. The lowest BCUT2D eigenvalue weighted by atomic mass is 9.77. The minimum atomic E-state index is -1.38. The number of carbonyl (C=O) groups excluding carboxylic acids is 2. The van der Waals surface area contributed by atoms with Crippen molar-refractivity contribution in [3.05, 3.63) is 337 Å². The Morgan fingerprint density at radius 1 is 0.624 bits per heavy atom. The van der Waals surface area contributed by atoms with Gasteiger partial charge < -0.3 is 20.2 Å². The van der Waals surface area contributed by atoms with Gasteiger partial charge in [0.15, 0.2) is 16.3 Å². The molecule has 2 atom stereocenters. The Kier molecular flexibility index (Phi) is 15.7. The van der Waals surface area contributed by atoms with E-state index < -0.39 is 40.5 Å². The molecule has 2 N–H and O–H groups in total. The molecule has 11 aromatic rings. The number of hydrogen-bond donors (Lipinski definition) is 2. The maximum Gasteiger partial charge on any atom is 0.276 e. The van der Waals surface area contributed by atoms with E-state index in [1.807, 2.05) is 218 Å². The SMILES string of the molecule is O=C(NC1C(=O)N2C(C(=S)OC(c3ccccc3)c3ccccc3)=C(c3cc(=O)c4sccc4s3)CS[C@H]12)C(=NOC(c1ccccc1)(c1ccccc1)c1ccccc1)c1csc(NC(c2ccccc2)(c2ccccc2)c2ccccc2)n1. The molecule has 1 unspecified atom stereocenters. The first-order valence-electron chi connectivity index (χ1n) is 27.4. The van der Waals surface area contributed by atoms with E-state index in [-0.39, 0.29) is 21.9 Å². The molecule has 0 spiro atoms. The van der Waals surface area contributed by atoms with Gasteiger partial charge >= 0.3 is 0 Å². The van der Waals surface area contributed by atoms with Crippen LogP contribution in [0.5, 0.6) is 0 Å². The molecule has 13 rings (SSSR count). The van der Waals surface area contributed by atoms with Crippen molar-refractivity contribution in [3.8, 4) is 0 Å². The van der Waals surface area contributed by atoms with E-state index in [4.69, 9.17) is 31.9 Å². The fourth-order valence-corrected chi connectivity index (χ4v) is 15.8. The summed E-state index contributed by atoms with van der Waals surface area (Å²) in [6.07, 6.45) is -0.633. The second kappa shape index (κ2) is 24.2. The van der Waals surface area contributed by atoms with Gasteiger partial charge in [-0.1, -0.05) is 248 Å². The Morgan fingerprint density at radius 2 is 1.09 bits per heavy atom. The number of ether oxygens (including phenoxy) is 1. The third-order valence-corrected chi connectivity index (χ3v) is 19.7. The molecule has 2 aliphatic rings. The smallest absolute Gasteiger partial charge is 0.276 e. The predicted molar refractivity (Wildman–Crippen MR) is 348 cm³/mol. The van der Waals surface area contributed by atoms with E-state index in [0.717, 1.165) is 49.2 Å². The lowest BCUT2D eigenvalue weighted by molar-refractivity contribution is -0.144. The van der Waals surface area contributed by atoms with Crippen molar-refractivity contribution in [1.29, 1.82) is 0 Å². The fraction of sp³-hybridized carbons (Fsp3) is 0.0857. The van der Waals surface area contributed by atoms with Crippen LogP contribution in [0, 0.1) is 0 Å². The quantitative estimate of drug-likeness (QED) is 0.0284. The zero-order valence-electron chi connectivity index (χ0n) is 45.3. The van der Waals surface area contributed by atoms with Gasteiger partial charge in [0.05, 0.1) is 4.70 Å². The van der Waals surface area contributed by atoms with Crippen molar-refractivity contribution < 1.29 is 19.2 Å². The summed E-state index contributed by atoms with van der Waals surface area (Å²) in [6, 6.07) is 82.0. The van der Waals surface area contributed by atoms with Crippen LogP contribution in [-0.4, -0.2) is 49.6 Å². The molecule has 416 valence electrons. The first kappa shape index (κ1) is 55.1. The minimum absolute atomic E-state index is 0.0796. The van der Waals surface area contributed by atoms with Crippen LogP contribution in [0.15, 0.2) is 281 Å². The van der Waals surface area contributed by atoms with Crippen LogP contribution in [0.4, 0.5) is 5.13 Å². The molecule has 15 heteroatoms. The summed E-state index contributed by atoms with van der Waals surface area (Å²) >= 11 is 12.0. The number of hydrogen-bond acceptors (Lipinski definition) is 13. The van der Waals surface area contributed by atoms with Gasteiger partial charge in [-0.3, -0.25) is 19.3 Å². The number of nitrogens with zero attached hydrogens (tertiary/aromatic N) is 3. The number of anilines is 1. The summed E-state index contributed by atoms with van der Waals surface area (Å²) in [5.41, 5.74) is 5.58. The second-order valence-electron chi connectivity index (χ2n) is 20.2. The number of oxime groups is 1. The highest BCUT2D eigenvalue weighted by Gasteiger charge is 2.55. The number of nitrogens with one attached hydrogen (secondary N) is 2. The van der Waals surface area contributed by atoms with Crippen molar-refractivity contribution in [2.75, 3.05) is 11.1 Å². The van der Waals surface area contributed by atoms with E-state index in [9.17, 15) is 4.79 Å². The van der Waals surface area contributed by atoms with Gasteiger partial charge in [-0.15, -0.1) is 45.8 Å². The van der Waals surface area contributed by atoms with Gasteiger partial charge in [-0.05, 0) is 51.5 Å².